The topological polar surface area (TPSA) is 130 Å². The van der Waals surface area contributed by atoms with Crippen molar-refractivity contribution in [2.24, 2.45) is 0 Å². The Morgan fingerprint density at radius 1 is 0.797 bits per heavy atom. The molecule has 2 aromatic heterocycles. The molecule has 3 amide bonds. The van der Waals surface area contributed by atoms with E-state index >= 15 is 0 Å². The summed E-state index contributed by atoms with van der Waals surface area (Å²) in [6.07, 6.45) is 11.3. The van der Waals surface area contributed by atoms with Gasteiger partial charge in [-0.05, 0) is 85.9 Å². The number of hydrogen-bond donors (Lipinski definition) is 1. The van der Waals surface area contributed by atoms with Crippen LogP contribution in [0.3, 0.4) is 0 Å². The standard InChI is InChI=1S/C46H51N7O6/c1-30-3-12-42(44(54)48-30)53-45(55)39-10-8-34(27-40(39)46(53)56)52-23-21-51(22-24-52)20-19-50-17-14-35(15-18-50)58-37-28-38(29-37)59-36-9-11-41-32(26-36)5-7-33(49-41)6-4-31-13-16-47-43(25-31)57-2/h4-11,13,16,25-27,35,37-38,42H,1,3,12,14-15,17-24,28-29H2,2H3,(H,48,54)/b6-4+/t37-,38-,42?. The minimum atomic E-state index is -0.800. The third-order valence-corrected chi connectivity index (χ3v) is 12.4. The maximum atomic E-state index is 13.4. The van der Waals surface area contributed by atoms with Gasteiger partial charge in [0.15, 0.2) is 0 Å². The number of benzene rings is 2. The van der Waals surface area contributed by atoms with Gasteiger partial charge < -0.3 is 29.3 Å². The molecule has 1 unspecified atom stereocenters. The van der Waals surface area contributed by atoms with Crippen LogP contribution in [0, 0.1) is 0 Å². The first-order valence-corrected chi connectivity index (χ1v) is 20.9. The van der Waals surface area contributed by atoms with Crippen LogP contribution in [-0.4, -0.2) is 126 Å². The van der Waals surface area contributed by atoms with Crippen molar-refractivity contribution in [1.82, 2.24) is 30.0 Å². The molecular weight excluding hydrogens is 747 g/mol. The molecule has 5 aliphatic rings. The van der Waals surface area contributed by atoms with E-state index in [2.05, 4.69) is 43.7 Å². The van der Waals surface area contributed by atoms with Crippen LogP contribution in [0.15, 0.2) is 79.1 Å². The zero-order chi connectivity index (χ0) is 40.5. The Kier molecular flexibility index (Phi) is 11.1. The fraction of sp³-hybridized carbons (Fsp3) is 0.413. The number of fused-ring (bicyclic) bond motifs is 2. The molecule has 4 fully saturated rings. The van der Waals surface area contributed by atoms with Crippen molar-refractivity contribution in [3.05, 3.63) is 102 Å². The molecule has 4 aliphatic heterocycles. The van der Waals surface area contributed by atoms with Crippen molar-refractivity contribution in [2.75, 3.05) is 64.4 Å². The Bertz CT molecular complexity index is 2270. The summed E-state index contributed by atoms with van der Waals surface area (Å²) in [4.78, 5) is 56.6. The number of piperidine rings is 2. The average Bonchev–Trinajstić information content (AvgIpc) is 3.49. The van der Waals surface area contributed by atoms with Crippen molar-refractivity contribution in [3.8, 4) is 11.6 Å². The predicted molar refractivity (Wildman–Crippen MR) is 225 cm³/mol. The third-order valence-electron chi connectivity index (χ3n) is 12.4. The third kappa shape index (κ3) is 8.59. The molecule has 0 bridgehead atoms. The number of amides is 3. The largest absolute Gasteiger partial charge is 0.490 e. The monoisotopic (exact) mass is 797 g/mol. The lowest BCUT2D eigenvalue weighted by Crippen LogP contribution is -2.51. The fourth-order valence-electron chi connectivity index (χ4n) is 8.81. The van der Waals surface area contributed by atoms with Gasteiger partial charge in [0, 0.05) is 94.2 Å². The summed E-state index contributed by atoms with van der Waals surface area (Å²) in [5.74, 6) is 0.317. The summed E-state index contributed by atoms with van der Waals surface area (Å²) in [6.45, 7) is 11.5. The van der Waals surface area contributed by atoms with Gasteiger partial charge in [-0.15, -0.1) is 0 Å². The normalized spacial score (nSPS) is 23.2. The van der Waals surface area contributed by atoms with Gasteiger partial charge in [-0.3, -0.25) is 24.2 Å². The maximum Gasteiger partial charge on any atom is 0.262 e. The molecule has 1 atom stereocenters. The van der Waals surface area contributed by atoms with Crippen LogP contribution >= 0.6 is 0 Å². The molecule has 9 rings (SSSR count). The Morgan fingerprint density at radius 3 is 2.36 bits per heavy atom. The van der Waals surface area contributed by atoms with Crippen molar-refractivity contribution < 1.29 is 28.6 Å². The Balaban J connectivity index is 0.668. The van der Waals surface area contributed by atoms with E-state index in [1.54, 1.807) is 19.4 Å². The highest BCUT2D eigenvalue weighted by molar-refractivity contribution is 6.23. The van der Waals surface area contributed by atoms with E-state index in [0.717, 1.165) is 117 Å². The predicted octanol–water partition coefficient (Wildman–Crippen LogP) is 5.41. The van der Waals surface area contributed by atoms with Gasteiger partial charge in [-0.25, -0.2) is 9.97 Å². The number of methoxy groups -OCH3 is 1. The van der Waals surface area contributed by atoms with E-state index in [-0.39, 0.29) is 18.1 Å². The van der Waals surface area contributed by atoms with Crippen molar-refractivity contribution in [2.45, 2.75) is 62.9 Å². The van der Waals surface area contributed by atoms with Crippen molar-refractivity contribution >= 4 is 46.5 Å². The molecule has 1 saturated carbocycles. The summed E-state index contributed by atoms with van der Waals surface area (Å²) < 4.78 is 18.1. The summed E-state index contributed by atoms with van der Waals surface area (Å²) >= 11 is 0. The molecule has 13 nitrogen and oxygen atoms in total. The van der Waals surface area contributed by atoms with Crippen molar-refractivity contribution in [3.63, 3.8) is 0 Å². The van der Waals surface area contributed by atoms with E-state index in [0.29, 0.717) is 41.6 Å². The van der Waals surface area contributed by atoms with Gasteiger partial charge in [0.25, 0.3) is 11.8 Å². The first-order chi connectivity index (χ1) is 28.8. The number of rotatable bonds is 12. The van der Waals surface area contributed by atoms with Gasteiger partial charge in [0.1, 0.15) is 17.9 Å². The number of anilines is 1. The van der Waals surface area contributed by atoms with Gasteiger partial charge in [0.05, 0.1) is 41.7 Å². The van der Waals surface area contributed by atoms with Crippen LogP contribution < -0.4 is 19.7 Å². The Morgan fingerprint density at radius 2 is 1.58 bits per heavy atom. The number of ether oxygens (including phenoxy) is 3. The number of nitrogens with zero attached hydrogens (tertiary/aromatic N) is 6. The van der Waals surface area contributed by atoms with E-state index < -0.39 is 17.9 Å². The van der Waals surface area contributed by atoms with E-state index in [1.807, 2.05) is 54.6 Å². The molecule has 59 heavy (non-hydrogen) atoms. The molecule has 306 valence electrons. The summed E-state index contributed by atoms with van der Waals surface area (Å²) in [5, 5.41) is 3.74. The molecular formula is C46H51N7O6. The molecule has 0 radical (unpaired) electrons. The zero-order valence-corrected chi connectivity index (χ0v) is 33.6. The molecule has 4 aromatic rings. The Labute approximate surface area is 344 Å². The molecule has 2 aromatic carbocycles. The molecule has 1 N–H and O–H groups in total. The smallest absolute Gasteiger partial charge is 0.262 e. The van der Waals surface area contributed by atoms with Crippen LogP contribution in [0.5, 0.6) is 11.6 Å². The number of likely N-dealkylation sites (tertiary alicyclic amines) is 1. The first-order valence-electron chi connectivity index (χ1n) is 20.9. The van der Waals surface area contributed by atoms with Crippen molar-refractivity contribution in [1.29, 1.82) is 0 Å². The van der Waals surface area contributed by atoms with Crippen LogP contribution in [0.2, 0.25) is 0 Å². The number of allylic oxidation sites excluding steroid dienone is 1. The summed E-state index contributed by atoms with van der Waals surface area (Å²) in [7, 11) is 1.61. The van der Waals surface area contributed by atoms with Gasteiger partial charge in [0.2, 0.25) is 11.8 Å². The number of nitrogens with one attached hydrogen (secondary N) is 1. The van der Waals surface area contributed by atoms with E-state index in [9.17, 15) is 14.4 Å². The maximum absolute atomic E-state index is 13.4. The molecule has 1 aliphatic carbocycles. The molecule has 13 heteroatoms. The second-order valence-corrected chi connectivity index (χ2v) is 16.3. The lowest BCUT2D eigenvalue weighted by Gasteiger charge is -2.40. The highest BCUT2D eigenvalue weighted by Gasteiger charge is 2.44. The number of imide groups is 1. The zero-order valence-electron chi connectivity index (χ0n) is 33.6. The number of carbonyl (C=O) groups is 3. The van der Waals surface area contributed by atoms with E-state index in [1.165, 1.54) is 0 Å². The average molecular weight is 798 g/mol. The second kappa shape index (κ2) is 16.9. The van der Waals surface area contributed by atoms with Crippen LogP contribution in [-0.2, 0) is 9.53 Å². The number of piperazine rings is 1. The number of pyridine rings is 2. The number of aromatic nitrogens is 2. The SMILES string of the molecule is C=C1CCC(N2C(=O)c3ccc(N4CCN(CCN5CCC(O[C@H]6C[C@H](Oc7ccc8nc(/C=C/c9ccnc(OC)c9)ccc8c7)C6)CC5)CC4)cc3C2=O)C(=O)N1. The molecule has 0 spiro atoms. The number of hydrogen-bond acceptors (Lipinski definition) is 11. The van der Waals surface area contributed by atoms with Gasteiger partial charge in [-0.2, -0.15) is 0 Å². The van der Waals surface area contributed by atoms with Gasteiger partial charge >= 0.3 is 0 Å². The highest BCUT2D eigenvalue weighted by atomic mass is 16.5. The minimum Gasteiger partial charge on any atom is -0.490 e. The highest BCUT2D eigenvalue weighted by Crippen LogP contribution is 2.33. The van der Waals surface area contributed by atoms with Crippen LogP contribution in [0.4, 0.5) is 5.69 Å². The first kappa shape index (κ1) is 38.9. The summed E-state index contributed by atoms with van der Waals surface area (Å²) in [5.41, 5.74) is 5.11. The lowest BCUT2D eigenvalue weighted by atomic mass is 9.91. The second-order valence-electron chi connectivity index (χ2n) is 16.3. The molecule has 6 heterocycles. The van der Waals surface area contributed by atoms with Crippen LogP contribution in [0.1, 0.15) is 70.5 Å². The Hall–Kier alpha value is -5.63. The quantitative estimate of drug-likeness (QED) is 0.185. The lowest BCUT2D eigenvalue weighted by molar-refractivity contribution is -0.125. The molecule has 3 saturated heterocycles. The minimum absolute atomic E-state index is 0.169. The van der Waals surface area contributed by atoms with Crippen LogP contribution in [0.25, 0.3) is 23.1 Å². The summed E-state index contributed by atoms with van der Waals surface area (Å²) in [6, 6.07) is 18.7. The number of carbonyl (C=O) groups excluding carboxylic acids is 3. The van der Waals surface area contributed by atoms with E-state index in [4.69, 9.17) is 19.2 Å². The van der Waals surface area contributed by atoms with Gasteiger partial charge in [-0.1, -0.05) is 18.7 Å². The fourth-order valence-corrected chi connectivity index (χ4v) is 8.81.